The minimum absolute atomic E-state index is 0.202. The van der Waals surface area contributed by atoms with Crippen LogP contribution in [0.3, 0.4) is 0 Å². The van der Waals surface area contributed by atoms with Crippen LogP contribution in [0, 0.1) is 41.5 Å². The number of hydrogen-bond acceptors (Lipinski definition) is 5. The van der Waals surface area contributed by atoms with Gasteiger partial charge in [0.2, 0.25) is 0 Å². The third kappa shape index (κ3) is 8.36. The molecule has 1 aliphatic rings. The average Bonchev–Trinajstić information content (AvgIpc) is 3.08. The van der Waals surface area contributed by atoms with Gasteiger partial charge in [-0.3, -0.25) is 14.9 Å². The molecule has 1 saturated heterocycles. The van der Waals surface area contributed by atoms with Crippen LogP contribution in [0.2, 0.25) is 0 Å². The van der Waals surface area contributed by atoms with E-state index >= 15 is 0 Å². The number of rotatable bonds is 9. The van der Waals surface area contributed by atoms with Crippen LogP contribution in [0.1, 0.15) is 57.3 Å². The molecule has 2 aromatic heterocycles. The Balaban J connectivity index is 1.20. The third-order valence-electron chi connectivity index (χ3n) is 10.3. The van der Waals surface area contributed by atoms with E-state index in [9.17, 15) is 13.2 Å². The molecule has 0 radical (unpaired) electrons. The smallest absolute Gasteiger partial charge is 0.406 e. The number of hydrogen-bond donors (Lipinski definition) is 0. The predicted octanol–water partition coefficient (Wildman–Crippen LogP) is 10.2. The largest absolute Gasteiger partial charge is 0.573 e. The van der Waals surface area contributed by atoms with Gasteiger partial charge in [-0.25, -0.2) is 0 Å². The molecule has 260 valence electrons. The molecule has 3 aromatic carbocycles. The number of likely N-dealkylation sites (tertiary alicyclic amines) is 1. The summed E-state index contributed by atoms with van der Waals surface area (Å²) in [5, 5.41) is 0. The Labute approximate surface area is 293 Å². The standard InChI is InChI=1S/C42H45F3N4O/c1-27-19-35(20-28(2)31(27)5)40-23-33(11-15-46-40)25-48-17-13-38(14-18-48)49(37-7-9-39(10-8-37)50-42(43,44)45)26-34-12-16-47-41(24-34)36-21-29(3)32(6)30(4)22-36/h7-12,15-16,19-24,38H,13-14,17-18,25-26H2,1-6H3. The number of ether oxygens (including phenoxy) is 1. The first kappa shape index (κ1) is 35.1. The number of alkyl halides is 3. The Kier molecular flexibility index (Phi) is 10.3. The number of halogens is 3. The topological polar surface area (TPSA) is 41.5 Å². The Morgan fingerprint density at radius 3 is 1.66 bits per heavy atom. The van der Waals surface area contributed by atoms with Crippen LogP contribution in [0.5, 0.6) is 5.75 Å². The highest BCUT2D eigenvalue weighted by Crippen LogP contribution is 2.32. The lowest BCUT2D eigenvalue weighted by Gasteiger charge is -2.40. The van der Waals surface area contributed by atoms with Crippen LogP contribution >= 0.6 is 0 Å². The van der Waals surface area contributed by atoms with Gasteiger partial charge < -0.3 is 9.64 Å². The maximum atomic E-state index is 12.9. The quantitative estimate of drug-likeness (QED) is 0.155. The van der Waals surface area contributed by atoms with Crippen molar-refractivity contribution in [2.45, 2.75) is 79.9 Å². The minimum Gasteiger partial charge on any atom is -0.406 e. The average molecular weight is 679 g/mol. The summed E-state index contributed by atoms with van der Waals surface area (Å²) in [5.74, 6) is -0.222. The molecule has 0 amide bonds. The van der Waals surface area contributed by atoms with Gasteiger partial charge in [-0.2, -0.15) is 0 Å². The molecule has 6 rings (SSSR count). The fraction of sp³-hybridized carbons (Fsp3) is 0.333. The molecule has 1 aliphatic heterocycles. The van der Waals surface area contributed by atoms with Gasteiger partial charge in [0, 0.05) is 61.4 Å². The molecule has 3 heterocycles. The normalized spacial score (nSPS) is 14.2. The Bertz CT molecular complexity index is 1920. The zero-order chi connectivity index (χ0) is 35.6. The van der Waals surface area contributed by atoms with E-state index in [-0.39, 0.29) is 11.8 Å². The molecule has 8 heteroatoms. The summed E-state index contributed by atoms with van der Waals surface area (Å²) < 4.78 is 43.0. The highest BCUT2D eigenvalue weighted by atomic mass is 19.4. The minimum atomic E-state index is -4.73. The monoisotopic (exact) mass is 678 g/mol. The van der Waals surface area contributed by atoms with E-state index in [1.165, 1.54) is 51.1 Å². The SMILES string of the molecule is Cc1cc(-c2cc(CN3CCC(N(Cc4ccnc(-c5cc(C)c(C)c(C)c5)c4)c4ccc(OC(F)(F)F)cc4)CC3)ccn2)cc(C)c1C. The first-order chi connectivity index (χ1) is 23.8. The Hall–Kier alpha value is -4.69. The van der Waals surface area contributed by atoms with Gasteiger partial charge in [0.15, 0.2) is 0 Å². The summed E-state index contributed by atoms with van der Waals surface area (Å²) in [6.45, 7) is 16.1. The highest BCUT2D eigenvalue weighted by molar-refractivity contribution is 5.64. The summed E-state index contributed by atoms with van der Waals surface area (Å²) in [5.41, 5.74) is 14.9. The van der Waals surface area contributed by atoms with Gasteiger partial charge in [0.05, 0.1) is 11.4 Å². The molecule has 0 aliphatic carbocycles. The molecule has 0 atom stereocenters. The van der Waals surface area contributed by atoms with Gasteiger partial charge in [-0.05, 0) is 172 Å². The molecule has 5 aromatic rings. The van der Waals surface area contributed by atoms with Crippen LogP contribution < -0.4 is 9.64 Å². The fourth-order valence-corrected chi connectivity index (χ4v) is 6.94. The van der Waals surface area contributed by atoms with E-state index in [4.69, 9.17) is 4.98 Å². The van der Waals surface area contributed by atoms with Gasteiger partial charge in [-0.1, -0.05) is 0 Å². The highest BCUT2D eigenvalue weighted by Gasteiger charge is 2.31. The van der Waals surface area contributed by atoms with E-state index in [2.05, 4.69) is 104 Å². The van der Waals surface area contributed by atoms with Crippen LogP contribution in [-0.4, -0.2) is 40.4 Å². The number of aryl methyl sites for hydroxylation is 4. The second-order valence-corrected chi connectivity index (χ2v) is 13.7. The lowest BCUT2D eigenvalue weighted by atomic mass is 9.97. The lowest BCUT2D eigenvalue weighted by molar-refractivity contribution is -0.274. The Morgan fingerprint density at radius 1 is 0.680 bits per heavy atom. The first-order valence-corrected chi connectivity index (χ1v) is 17.2. The number of benzene rings is 3. The van der Waals surface area contributed by atoms with Crippen molar-refractivity contribution < 1.29 is 17.9 Å². The van der Waals surface area contributed by atoms with Crippen molar-refractivity contribution in [3.8, 4) is 28.3 Å². The summed E-state index contributed by atoms with van der Waals surface area (Å²) in [4.78, 5) is 14.2. The third-order valence-corrected chi connectivity index (χ3v) is 10.3. The molecule has 1 fully saturated rings. The van der Waals surface area contributed by atoms with Gasteiger partial charge in [0.1, 0.15) is 5.75 Å². The zero-order valence-corrected chi connectivity index (χ0v) is 29.7. The first-order valence-electron chi connectivity index (χ1n) is 17.2. The number of piperidine rings is 1. The van der Waals surface area contributed by atoms with Crippen LogP contribution in [0.4, 0.5) is 18.9 Å². The molecule has 0 unspecified atom stereocenters. The van der Waals surface area contributed by atoms with Gasteiger partial charge >= 0.3 is 6.36 Å². The van der Waals surface area contributed by atoms with Crippen LogP contribution in [0.25, 0.3) is 22.5 Å². The molecular formula is C42H45F3N4O. The molecular weight excluding hydrogens is 633 g/mol. The second-order valence-electron chi connectivity index (χ2n) is 13.7. The molecule has 0 bridgehead atoms. The molecule has 50 heavy (non-hydrogen) atoms. The van der Waals surface area contributed by atoms with Crippen molar-refractivity contribution >= 4 is 5.69 Å². The van der Waals surface area contributed by atoms with Crippen molar-refractivity contribution in [3.05, 3.63) is 130 Å². The lowest BCUT2D eigenvalue weighted by Crippen LogP contribution is -2.44. The van der Waals surface area contributed by atoms with E-state index in [1.54, 1.807) is 12.1 Å². The summed E-state index contributed by atoms with van der Waals surface area (Å²) in [7, 11) is 0. The van der Waals surface area contributed by atoms with Gasteiger partial charge in [0.25, 0.3) is 0 Å². The zero-order valence-electron chi connectivity index (χ0n) is 29.7. The summed E-state index contributed by atoms with van der Waals surface area (Å²) in [6.07, 6.45) is 0.852. The van der Waals surface area contributed by atoms with E-state index < -0.39 is 6.36 Å². The van der Waals surface area contributed by atoms with Gasteiger partial charge in [-0.15, -0.1) is 13.2 Å². The number of pyridine rings is 2. The van der Waals surface area contributed by atoms with Crippen molar-refractivity contribution in [1.29, 1.82) is 0 Å². The molecule has 0 N–H and O–H groups in total. The fourth-order valence-electron chi connectivity index (χ4n) is 6.94. The van der Waals surface area contributed by atoms with Crippen molar-refractivity contribution in [3.63, 3.8) is 0 Å². The number of nitrogens with zero attached hydrogens (tertiary/aromatic N) is 4. The van der Waals surface area contributed by atoms with E-state index in [0.717, 1.165) is 66.2 Å². The molecule has 0 spiro atoms. The number of aromatic nitrogens is 2. The summed E-state index contributed by atoms with van der Waals surface area (Å²) >= 11 is 0. The van der Waals surface area contributed by atoms with Crippen LogP contribution in [-0.2, 0) is 13.1 Å². The maximum absolute atomic E-state index is 12.9. The maximum Gasteiger partial charge on any atom is 0.573 e. The van der Waals surface area contributed by atoms with Crippen LogP contribution in [0.15, 0.2) is 85.2 Å². The van der Waals surface area contributed by atoms with E-state index in [0.29, 0.717) is 6.54 Å². The molecule has 5 nitrogen and oxygen atoms in total. The van der Waals surface area contributed by atoms with E-state index in [1.807, 2.05) is 18.5 Å². The Morgan fingerprint density at radius 2 is 1.16 bits per heavy atom. The predicted molar refractivity (Wildman–Crippen MR) is 195 cm³/mol. The summed E-state index contributed by atoms with van der Waals surface area (Å²) in [6, 6.07) is 23.7. The number of anilines is 1. The van der Waals surface area contributed by atoms with Crippen molar-refractivity contribution in [2.24, 2.45) is 0 Å². The van der Waals surface area contributed by atoms with Crippen molar-refractivity contribution in [2.75, 3.05) is 18.0 Å². The molecule has 0 saturated carbocycles. The van der Waals surface area contributed by atoms with Crippen molar-refractivity contribution in [1.82, 2.24) is 14.9 Å². The second kappa shape index (κ2) is 14.7.